The number of nitrogens with one attached hydrogen (secondary N) is 1. The van der Waals surface area contributed by atoms with Crippen LogP contribution in [0.2, 0.25) is 0 Å². The van der Waals surface area contributed by atoms with Crippen LogP contribution in [0.25, 0.3) is 0 Å². The Kier molecular flexibility index (Phi) is 6.27. The number of benzene rings is 1. The number of nitrogens with zero attached hydrogens (tertiary/aromatic N) is 1. The van der Waals surface area contributed by atoms with Crippen molar-refractivity contribution in [1.29, 1.82) is 0 Å². The van der Waals surface area contributed by atoms with E-state index in [0.717, 1.165) is 38.0 Å². The van der Waals surface area contributed by atoms with E-state index in [1.165, 1.54) is 0 Å². The number of aliphatic hydroxyl groups is 1. The van der Waals surface area contributed by atoms with Crippen LogP contribution < -0.4 is 5.32 Å². The average Bonchev–Trinajstić information content (AvgIpc) is 2.54. The van der Waals surface area contributed by atoms with Crippen molar-refractivity contribution < 1.29 is 18.7 Å². The van der Waals surface area contributed by atoms with Gasteiger partial charge in [0.05, 0.1) is 6.54 Å². The van der Waals surface area contributed by atoms with Crippen molar-refractivity contribution in [2.75, 3.05) is 26.2 Å². The fraction of sp³-hybridized carbons (Fsp3) is 0.562. The molecule has 0 spiro atoms. The second kappa shape index (κ2) is 8.19. The minimum atomic E-state index is -2.54. The largest absolute Gasteiger partial charge is 0.396 e. The van der Waals surface area contributed by atoms with Gasteiger partial charge in [-0.2, -0.15) is 0 Å². The Balaban J connectivity index is 1.83. The maximum atomic E-state index is 12.1. The summed E-state index contributed by atoms with van der Waals surface area (Å²) in [5.41, 5.74) is 1.48. The van der Waals surface area contributed by atoms with Crippen molar-refractivity contribution in [2.24, 2.45) is 5.92 Å². The molecule has 0 unspecified atom stereocenters. The number of likely N-dealkylation sites (tertiary alicyclic amines) is 1. The van der Waals surface area contributed by atoms with Gasteiger partial charge in [-0.15, -0.1) is 0 Å². The first-order chi connectivity index (χ1) is 10.6. The summed E-state index contributed by atoms with van der Waals surface area (Å²) >= 11 is 0. The van der Waals surface area contributed by atoms with Crippen molar-refractivity contribution in [3.8, 4) is 0 Å². The van der Waals surface area contributed by atoms with Gasteiger partial charge in [-0.05, 0) is 49.5 Å². The molecule has 0 radical (unpaired) electrons. The van der Waals surface area contributed by atoms with E-state index >= 15 is 0 Å². The highest BCUT2D eigenvalue weighted by molar-refractivity contribution is 5.94. The second-order valence-corrected chi connectivity index (χ2v) is 5.70. The highest BCUT2D eigenvalue weighted by atomic mass is 19.3. The number of hydrogen-bond acceptors (Lipinski definition) is 3. The average molecular weight is 312 g/mol. The van der Waals surface area contributed by atoms with Gasteiger partial charge in [0.15, 0.2) is 0 Å². The Morgan fingerprint density at radius 2 is 1.91 bits per heavy atom. The topological polar surface area (TPSA) is 52.6 Å². The molecule has 122 valence electrons. The van der Waals surface area contributed by atoms with Crippen LogP contribution in [0.15, 0.2) is 24.3 Å². The molecule has 1 aliphatic rings. The second-order valence-electron chi connectivity index (χ2n) is 5.70. The van der Waals surface area contributed by atoms with Gasteiger partial charge in [0.2, 0.25) is 0 Å². The van der Waals surface area contributed by atoms with E-state index in [-0.39, 0.29) is 6.61 Å². The fourth-order valence-electron chi connectivity index (χ4n) is 2.62. The van der Waals surface area contributed by atoms with Gasteiger partial charge < -0.3 is 10.4 Å². The van der Waals surface area contributed by atoms with E-state index in [2.05, 4.69) is 10.2 Å². The molecule has 1 aliphatic heterocycles. The summed E-state index contributed by atoms with van der Waals surface area (Å²) in [7, 11) is 0. The molecule has 1 aromatic rings. The van der Waals surface area contributed by atoms with Crippen molar-refractivity contribution in [2.45, 2.75) is 25.8 Å². The number of carbonyl (C=O) groups excluding carboxylic acids is 1. The minimum Gasteiger partial charge on any atom is -0.396 e. The van der Waals surface area contributed by atoms with E-state index in [0.29, 0.717) is 11.5 Å². The molecule has 4 nitrogen and oxygen atoms in total. The summed E-state index contributed by atoms with van der Waals surface area (Å²) in [5.74, 6) is -0.0623. The van der Waals surface area contributed by atoms with Crippen LogP contribution in [-0.2, 0) is 6.54 Å². The van der Waals surface area contributed by atoms with E-state index in [1.807, 2.05) is 12.1 Å². The zero-order valence-corrected chi connectivity index (χ0v) is 12.5. The lowest BCUT2D eigenvalue weighted by Gasteiger charge is -2.31. The van der Waals surface area contributed by atoms with Crippen LogP contribution >= 0.6 is 0 Å². The van der Waals surface area contributed by atoms with E-state index in [4.69, 9.17) is 5.11 Å². The summed E-state index contributed by atoms with van der Waals surface area (Å²) in [6.45, 7) is 2.36. The Morgan fingerprint density at radius 1 is 1.27 bits per heavy atom. The molecule has 1 aromatic carbocycles. The Labute approximate surface area is 129 Å². The first-order valence-electron chi connectivity index (χ1n) is 7.57. The van der Waals surface area contributed by atoms with Crippen molar-refractivity contribution in [3.05, 3.63) is 35.4 Å². The maximum absolute atomic E-state index is 12.1. The van der Waals surface area contributed by atoms with Crippen molar-refractivity contribution in [1.82, 2.24) is 10.2 Å². The lowest BCUT2D eigenvalue weighted by Crippen LogP contribution is -2.34. The third-order valence-corrected chi connectivity index (χ3v) is 4.00. The molecule has 2 N–H and O–H groups in total. The van der Waals surface area contributed by atoms with Crippen molar-refractivity contribution >= 4 is 5.91 Å². The summed E-state index contributed by atoms with van der Waals surface area (Å²) in [5, 5.41) is 11.3. The summed E-state index contributed by atoms with van der Waals surface area (Å²) in [6.07, 6.45) is -0.528. The summed E-state index contributed by atoms with van der Waals surface area (Å²) in [4.78, 5) is 14.0. The lowest BCUT2D eigenvalue weighted by atomic mass is 9.97. The number of alkyl halides is 2. The van der Waals surface area contributed by atoms with Gasteiger partial charge in [-0.3, -0.25) is 9.69 Å². The summed E-state index contributed by atoms with van der Waals surface area (Å²) in [6, 6.07) is 7.04. The number of rotatable bonds is 6. The summed E-state index contributed by atoms with van der Waals surface area (Å²) < 4.78 is 24.1. The Bertz CT molecular complexity index is 472. The van der Waals surface area contributed by atoms with Gasteiger partial charge in [-0.1, -0.05) is 12.1 Å². The molecule has 1 fully saturated rings. The SMILES string of the molecule is O=C(NCC(F)F)c1ccc(CN2CCC(CO)CC2)cc1. The molecule has 1 heterocycles. The van der Waals surface area contributed by atoms with Gasteiger partial charge in [0, 0.05) is 18.7 Å². The molecule has 6 heteroatoms. The zero-order valence-electron chi connectivity index (χ0n) is 12.5. The molecular weight excluding hydrogens is 290 g/mol. The molecule has 1 saturated heterocycles. The molecule has 0 atom stereocenters. The fourth-order valence-corrected chi connectivity index (χ4v) is 2.62. The van der Waals surface area contributed by atoms with Crippen LogP contribution in [0, 0.1) is 5.92 Å². The third kappa shape index (κ3) is 5.03. The smallest absolute Gasteiger partial charge is 0.255 e. The van der Waals surface area contributed by atoms with Gasteiger partial charge >= 0.3 is 0 Å². The minimum absolute atomic E-state index is 0.260. The van der Waals surface area contributed by atoms with E-state index < -0.39 is 18.9 Å². The van der Waals surface area contributed by atoms with Crippen LogP contribution in [0.5, 0.6) is 0 Å². The molecule has 0 aliphatic carbocycles. The van der Waals surface area contributed by atoms with Gasteiger partial charge in [0.1, 0.15) is 0 Å². The van der Waals surface area contributed by atoms with Crippen molar-refractivity contribution in [3.63, 3.8) is 0 Å². The number of halogens is 2. The van der Waals surface area contributed by atoms with Gasteiger partial charge in [-0.25, -0.2) is 8.78 Å². The third-order valence-electron chi connectivity index (χ3n) is 4.00. The van der Waals surface area contributed by atoms with Crippen LogP contribution in [0.1, 0.15) is 28.8 Å². The predicted octanol–water partition coefficient (Wildman–Crippen LogP) is 1.89. The lowest BCUT2D eigenvalue weighted by molar-refractivity contribution is 0.0891. The van der Waals surface area contributed by atoms with Crippen LogP contribution in [-0.4, -0.2) is 48.6 Å². The molecule has 1 amide bonds. The van der Waals surface area contributed by atoms with E-state index in [9.17, 15) is 13.6 Å². The number of carbonyl (C=O) groups is 1. The monoisotopic (exact) mass is 312 g/mol. The zero-order chi connectivity index (χ0) is 15.9. The molecule has 0 bridgehead atoms. The normalized spacial score (nSPS) is 16.9. The quantitative estimate of drug-likeness (QED) is 0.843. The Morgan fingerprint density at radius 3 is 2.45 bits per heavy atom. The first-order valence-corrected chi connectivity index (χ1v) is 7.57. The van der Waals surface area contributed by atoms with E-state index in [1.54, 1.807) is 12.1 Å². The molecule has 2 rings (SSSR count). The molecular formula is C16H22F2N2O2. The Hall–Kier alpha value is -1.53. The van der Waals surface area contributed by atoms with Gasteiger partial charge in [0.25, 0.3) is 12.3 Å². The highest BCUT2D eigenvalue weighted by Crippen LogP contribution is 2.18. The van der Waals surface area contributed by atoms with Crippen LogP contribution in [0.3, 0.4) is 0 Å². The number of aliphatic hydroxyl groups excluding tert-OH is 1. The highest BCUT2D eigenvalue weighted by Gasteiger charge is 2.18. The number of hydrogen-bond donors (Lipinski definition) is 2. The van der Waals surface area contributed by atoms with Crippen LogP contribution in [0.4, 0.5) is 8.78 Å². The maximum Gasteiger partial charge on any atom is 0.255 e. The predicted molar refractivity (Wildman–Crippen MR) is 79.9 cm³/mol. The number of amides is 1. The standard InChI is InChI=1S/C16H22F2N2O2/c17-15(18)9-19-16(22)14-3-1-12(2-4-14)10-20-7-5-13(11-21)6-8-20/h1-4,13,15,21H,5-11H2,(H,19,22). The molecule has 0 aromatic heterocycles. The molecule has 0 saturated carbocycles. The molecule has 22 heavy (non-hydrogen) atoms. The number of piperidine rings is 1. The first kappa shape index (κ1) is 16.8.